The molecule has 1 heterocycles. The fourth-order valence-corrected chi connectivity index (χ4v) is 2.19. The van der Waals surface area contributed by atoms with E-state index in [1.165, 1.54) is 6.33 Å². The molecule has 0 aliphatic rings. The van der Waals surface area contributed by atoms with E-state index in [-0.39, 0.29) is 0 Å². The minimum absolute atomic E-state index is 0.621. The monoisotopic (exact) mass is 319 g/mol. The van der Waals surface area contributed by atoms with E-state index in [2.05, 4.69) is 21.5 Å². The van der Waals surface area contributed by atoms with Gasteiger partial charge >= 0.3 is 0 Å². The Hall–Kier alpha value is -3.33. The summed E-state index contributed by atoms with van der Waals surface area (Å²) in [5.74, 6) is 0.784. The number of hydrogen-bond donors (Lipinski definition) is 1. The van der Waals surface area contributed by atoms with Crippen LogP contribution in [0.1, 0.15) is 12.0 Å². The van der Waals surface area contributed by atoms with Crippen molar-refractivity contribution < 1.29 is 4.74 Å². The largest absolute Gasteiger partial charge is 0.494 e. The highest BCUT2D eigenvalue weighted by Gasteiger charge is 1.98. The molecule has 0 bridgehead atoms. The van der Waals surface area contributed by atoms with Crippen molar-refractivity contribution in [3.63, 3.8) is 0 Å². The molecule has 2 aromatic carbocycles. The standard InChI is InChI=1S/C18H17N5O/c19-12-15-2-8-18(9-3-15)24-11-1-10-21-16-4-6-17(7-5-16)23-14-20-13-22-23/h2-9,13-14,21H,1,10-11H2. The average Bonchev–Trinajstić information content (AvgIpc) is 3.17. The number of rotatable bonds is 7. The van der Waals surface area contributed by atoms with Crippen LogP contribution in [0.2, 0.25) is 0 Å². The van der Waals surface area contributed by atoms with E-state index in [0.29, 0.717) is 12.2 Å². The van der Waals surface area contributed by atoms with E-state index in [0.717, 1.165) is 30.1 Å². The summed E-state index contributed by atoms with van der Waals surface area (Å²) in [6.07, 6.45) is 4.06. The molecular formula is C18H17N5O. The van der Waals surface area contributed by atoms with Crippen molar-refractivity contribution in [2.45, 2.75) is 6.42 Å². The molecule has 0 atom stereocenters. The molecule has 0 aliphatic heterocycles. The molecule has 1 N–H and O–H groups in total. The summed E-state index contributed by atoms with van der Waals surface area (Å²) < 4.78 is 7.36. The van der Waals surface area contributed by atoms with Gasteiger partial charge in [-0.2, -0.15) is 10.4 Å². The van der Waals surface area contributed by atoms with Gasteiger partial charge in [0.05, 0.1) is 23.9 Å². The third kappa shape index (κ3) is 4.11. The summed E-state index contributed by atoms with van der Waals surface area (Å²) in [6.45, 7) is 1.44. The van der Waals surface area contributed by atoms with Crippen LogP contribution in [0.4, 0.5) is 5.69 Å². The van der Waals surface area contributed by atoms with Crippen LogP contribution in [-0.4, -0.2) is 27.9 Å². The summed E-state index contributed by atoms with van der Waals surface area (Å²) in [6, 6.07) is 17.2. The van der Waals surface area contributed by atoms with Gasteiger partial charge in [0.15, 0.2) is 0 Å². The number of ether oxygens (including phenoxy) is 1. The lowest BCUT2D eigenvalue weighted by Crippen LogP contribution is -2.07. The van der Waals surface area contributed by atoms with Crippen molar-refractivity contribution in [1.29, 1.82) is 5.26 Å². The Bertz CT molecular complexity index is 789. The maximum Gasteiger partial charge on any atom is 0.138 e. The second-order valence-corrected chi connectivity index (χ2v) is 5.15. The number of aromatic nitrogens is 3. The molecule has 120 valence electrons. The van der Waals surface area contributed by atoms with E-state index >= 15 is 0 Å². The molecule has 1 aromatic heterocycles. The highest BCUT2D eigenvalue weighted by Crippen LogP contribution is 2.13. The van der Waals surface area contributed by atoms with Crippen LogP contribution in [0.3, 0.4) is 0 Å². The number of nitriles is 1. The molecule has 6 heteroatoms. The second-order valence-electron chi connectivity index (χ2n) is 5.15. The molecule has 0 saturated heterocycles. The van der Waals surface area contributed by atoms with E-state index < -0.39 is 0 Å². The number of nitrogens with zero attached hydrogens (tertiary/aromatic N) is 4. The van der Waals surface area contributed by atoms with E-state index in [4.69, 9.17) is 10.00 Å². The normalized spacial score (nSPS) is 10.1. The SMILES string of the molecule is N#Cc1ccc(OCCCNc2ccc(-n3cncn3)cc2)cc1. The maximum atomic E-state index is 8.75. The summed E-state index contributed by atoms with van der Waals surface area (Å²) in [5, 5.41) is 16.2. The molecule has 0 unspecified atom stereocenters. The molecule has 24 heavy (non-hydrogen) atoms. The number of anilines is 1. The predicted octanol–water partition coefficient (Wildman–Crippen LogP) is 3.02. The lowest BCUT2D eigenvalue weighted by Gasteiger charge is -2.09. The van der Waals surface area contributed by atoms with Crippen LogP contribution in [0.25, 0.3) is 5.69 Å². The lowest BCUT2D eigenvalue weighted by atomic mass is 10.2. The first-order valence-corrected chi connectivity index (χ1v) is 7.67. The topological polar surface area (TPSA) is 75.8 Å². The van der Waals surface area contributed by atoms with Crippen LogP contribution in [0.15, 0.2) is 61.2 Å². The van der Waals surface area contributed by atoms with Gasteiger partial charge in [0.2, 0.25) is 0 Å². The lowest BCUT2D eigenvalue weighted by molar-refractivity contribution is 0.315. The maximum absolute atomic E-state index is 8.75. The first-order chi connectivity index (χ1) is 11.8. The van der Waals surface area contributed by atoms with Crippen molar-refractivity contribution in [3.8, 4) is 17.5 Å². The van der Waals surface area contributed by atoms with E-state index in [1.807, 2.05) is 36.4 Å². The minimum Gasteiger partial charge on any atom is -0.494 e. The fourth-order valence-electron chi connectivity index (χ4n) is 2.19. The fraction of sp³-hybridized carbons (Fsp3) is 0.167. The van der Waals surface area contributed by atoms with E-state index in [9.17, 15) is 0 Å². The molecule has 0 aliphatic carbocycles. The van der Waals surface area contributed by atoms with Crippen LogP contribution >= 0.6 is 0 Å². The third-order valence-corrected chi connectivity index (χ3v) is 3.45. The highest BCUT2D eigenvalue weighted by atomic mass is 16.5. The van der Waals surface area contributed by atoms with E-state index in [1.54, 1.807) is 23.1 Å². The molecular weight excluding hydrogens is 302 g/mol. The van der Waals surface area contributed by atoms with Gasteiger partial charge in [-0.05, 0) is 55.0 Å². The van der Waals surface area contributed by atoms with Gasteiger partial charge in [0, 0.05) is 12.2 Å². The van der Waals surface area contributed by atoms with Crippen LogP contribution < -0.4 is 10.1 Å². The molecule has 0 saturated carbocycles. The third-order valence-electron chi connectivity index (χ3n) is 3.45. The molecule has 0 fully saturated rings. The number of hydrogen-bond acceptors (Lipinski definition) is 5. The molecule has 3 aromatic rings. The molecule has 3 rings (SSSR count). The summed E-state index contributed by atoms with van der Waals surface area (Å²) in [7, 11) is 0. The Balaban J connectivity index is 1.39. The van der Waals surface area contributed by atoms with Gasteiger partial charge in [-0.1, -0.05) is 0 Å². The highest BCUT2D eigenvalue weighted by molar-refractivity contribution is 5.48. The van der Waals surface area contributed by atoms with Crippen molar-refractivity contribution in [2.24, 2.45) is 0 Å². The van der Waals surface area contributed by atoms with Crippen molar-refractivity contribution >= 4 is 5.69 Å². The summed E-state index contributed by atoms with van der Waals surface area (Å²) in [5.41, 5.74) is 2.66. The Kier molecular flexibility index (Phi) is 5.05. The predicted molar refractivity (Wildman–Crippen MR) is 91.1 cm³/mol. The van der Waals surface area contributed by atoms with Crippen molar-refractivity contribution in [1.82, 2.24) is 14.8 Å². The molecule has 0 radical (unpaired) electrons. The van der Waals surface area contributed by atoms with Crippen molar-refractivity contribution in [2.75, 3.05) is 18.5 Å². The first-order valence-electron chi connectivity index (χ1n) is 7.67. The zero-order valence-corrected chi connectivity index (χ0v) is 13.1. The van der Waals surface area contributed by atoms with Crippen LogP contribution in [0, 0.1) is 11.3 Å². The van der Waals surface area contributed by atoms with Crippen LogP contribution in [0.5, 0.6) is 5.75 Å². The van der Waals surface area contributed by atoms with Gasteiger partial charge < -0.3 is 10.1 Å². The smallest absolute Gasteiger partial charge is 0.138 e. The molecule has 0 amide bonds. The second kappa shape index (κ2) is 7.79. The van der Waals surface area contributed by atoms with Crippen molar-refractivity contribution in [3.05, 3.63) is 66.7 Å². The summed E-state index contributed by atoms with van der Waals surface area (Å²) >= 11 is 0. The molecule has 0 spiro atoms. The Morgan fingerprint density at radius 1 is 1.08 bits per heavy atom. The van der Waals surface area contributed by atoms with Gasteiger partial charge in [0.25, 0.3) is 0 Å². The van der Waals surface area contributed by atoms with Gasteiger partial charge in [-0.25, -0.2) is 9.67 Å². The molecule has 6 nitrogen and oxygen atoms in total. The number of benzene rings is 2. The Labute approximate surface area is 140 Å². The first kappa shape index (κ1) is 15.6. The average molecular weight is 319 g/mol. The quantitative estimate of drug-likeness (QED) is 0.677. The summed E-state index contributed by atoms with van der Waals surface area (Å²) in [4.78, 5) is 3.93. The zero-order valence-electron chi connectivity index (χ0n) is 13.1. The Morgan fingerprint density at radius 2 is 1.88 bits per heavy atom. The minimum atomic E-state index is 0.621. The van der Waals surface area contributed by atoms with Gasteiger partial charge in [-0.15, -0.1) is 0 Å². The Morgan fingerprint density at radius 3 is 2.54 bits per heavy atom. The van der Waals surface area contributed by atoms with Gasteiger partial charge in [-0.3, -0.25) is 0 Å². The van der Waals surface area contributed by atoms with Crippen LogP contribution in [-0.2, 0) is 0 Å². The zero-order chi connectivity index (χ0) is 16.6. The van der Waals surface area contributed by atoms with Gasteiger partial charge in [0.1, 0.15) is 18.4 Å². The number of nitrogens with one attached hydrogen (secondary N) is 1.